The number of benzene rings is 1. The van der Waals surface area contributed by atoms with Gasteiger partial charge in [0.1, 0.15) is 5.82 Å². The van der Waals surface area contributed by atoms with E-state index in [9.17, 15) is 4.79 Å². The van der Waals surface area contributed by atoms with Crippen LogP contribution >= 0.6 is 11.6 Å². The van der Waals surface area contributed by atoms with Gasteiger partial charge in [0.2, 0.25) is 5.91 Å². The lowest BCUT2D eigenvalue weighted by atomic mass is 10.1. The maximum Gasteiger partial charge on any atom is 0.241 e. The lowest BCUT2D eigenvalue weighted by molar-refractivity contribution is -0.120. The monoisotopic (exact) mass is 358 g/mol. The van der Waals surface area contributed by atoms with Crippen molar-refractivity contribution in [3.63, 3.8) is 0 Å². The smallest absolute Gasteiger partial charge is 0.241 e. The van der Waals surface area contributed by atoms with Crippen LogP contribution in [0.5, 0.6) is 0 Å². The number of piperazine rings is 1. The van der Waals surface area contributed by atoms with Crippen LogP contribution in [0.1, 0.15) is 12.5 Å². The van der Waals surface area contributed by atoms with Crippen LogP contribution in [0.2, 0.25) is 5.02 Å². The Kier molecular flexibility index (Phi) is 5.56. The van der Waals surface area contributed by atoms with Crippen molar-refractivity contribution in [1.29, 1.82) is 0 Å². The van der Waals surface area contributed by atoms with E-state index in [0.717, 1.165) is 43.2 Å². The molecule has 1 aromatic heterocycles. The van der Waals surface area contributed by atoms with Crippen molar-refractivity contribution >= 4 is 29.0 Å². The summed E-state index contributed by atoms with van der Waals surface area (Å²) < 4.78 is 0. The molecule has 25 heavy (non-hydrogen) atoms. The number of carbonyl (C=O) groups excluding carboxylic acids is 1. The number of carbonyl (C=O) groups is 1. The Labute approximate surface area is 153 Å². The predicted molar refractivity (Wildman–Crippen MR) is 102 cm³/mol. The molecule has 1 N–H and O–H groups in total. The Hall–Kier alpha value is -2.11. The molecule has 1 aromatic carbocycles. The lowest BCUT2D eigenvalue weighted by Gasteiger charge is -2.38. The number of nitrogens with one attached hydrogen (secondary N) is 1. The summed E-state index contributed by atoms with van der Waals surface area (Å²) >= 11 is 6.03. The van der Waals surface area contributed by atoms with Gasteiger partial charge in [-0.15, -0.1) is 0 Å². The first-order valence-corrected chi connectivity index (χ1v) is 8.89. The fraction of sp³-hybridized carbons (Fsp3) is 0.368. The zero-order valence-corrected chi connectivity index (χ0v) is 15.3. The number of aromatic nitrogens is 1. The predicted octanol–water partition coefficient (Wildman–Crippen LogP) is 3.19. The maximum absolute atomic E-state index is 12.6. The number of hydrogen-bond acceptors (Lipinski definition) is 4. The Bertz CT molecular complexity index is 729. The number of amides is 1. The fourth-order valence-electron chi connectivity index (χ4n) is 3.01. The zero-order valence-electron chi connectivity index (χ0n) is 14.6. The van der Waals surface area contributed by atoms with E-state index in [0.29, 0.717) is 5.02 Å². The third-order valence-electron chi connectivity index (χ3n) is 4.67. The molecule has 1 atom stereocenters. The van der Waals surface area contributed by atoms with Crippen molar-refractivity contribution in [3.05, 3.63) is 53.2 Å². The molecule has 2 aromatic rings. The van der Waals surface area contributed by atoms with Crippen LogP contribution in [0.15, 0.2) is 42.6 Å². The van der Waals surface area contributed by atoms with Crippen LogP contribution in [0.3, 0.4) is 0 Å². The number of anilines is 2. The summed E-state index contributed by atoms with van der Waals surface area (Å²) in [6, 6.07) is 11.3. The van der Waals surface area contributed by atoms with Gasteiger partial charge in [0.05, 0.1) is 6.04 Å². The van der Waals surface area contributed by atoms with Gasteiger partial charge in [-0.3, -0.25) is 9.69 Å². The Morgan fingerprint density at radius 1 is 1.20 bits per heavy atom. The molecule has 0 aliphatic carbocycles. The fourth-order valence-corrected chi connectivity index (χ4v) is 3.18. The molecule has 0 unspecified atom stereocenters. The highest BCUT2D eigenvalue weighted by molar-refractivity contribution is 6.31. The average molecular weight is 359 g/mol. The summed E-state index contributed by atoms with van der Waals surface area (Å²) in [4.78, 5) is 21.5. The molecule has 6 heteroatoms. The second kappa shape index (κ2) is 7.85. The molecule has 0 bridgehead atoms. The summed E-state index contributed by atoms with van der Waals surface area (Å²) in [7, 11) is 0. The average Bonchev–Trinajstić information content (AvgIpc) is 2.65. The van der Waals surface area contributed by atoms with Crippen LogP contribution in [-0.2, 0) is 4.79 Å². The number of rotatable bonds is 4. The van der Waals surface area contributed by atoms with Gasteiger partial charge in [-0.1, -0.05) is 23.7 Å². The van der Waals surface area contributed by atoms with Gasteiger partial charge in [0.15, 0.2) is 0 Å². The molecule has 5 nitrogen and oxygen atoms in total. The minimum Gasteiger partial charge on any atom is -0.354 e. The molecule has 1 saturated heterocycles. The Morgan fingerprint density at radius 3 is 2.64 bits per heavy atom. The van der Waals surface area contributed by atoms with Crippen molar-refractivity contribution in [1.82, 2.24) is 9.88 Å². The van der Waals surface area contributed by atoms with E-state index in [1.54, 1.807) is 6.07 Å². The second-order valence-electron chi connectivity index (χ2n) is 6.34. The number of hydrogen-bond donors (Lipinski definition) is 1. The molecule has 132 valence electrons. The topological polar surface area (TPSA) is 48.5 Å². The van der Waals surface area contributed by atoms with E-state index >= 15 is 0 Å². The van der Waals surface area contributed by atoms with Crippen LogP contribution < -0.4 is 10.2 Å². The van der Waals surface area contributed by atoms with Gasteiger partial charge in [-0.05, 0) is 43.7 Å². The highest BCUT2D eigenvalue weighted by atomic mass is 35.5. The summed E-state index contributed by atoms with van der Waals surface area (Å²) in [5, 5.41) is 3.62. The van der Waals surface area contributed by atoms with E-state index in [1.807, 2.05) is 50.4 Å². The number of pyridine rings is 1. The maximum atomic E-state index is 12.6. The largest absolute Gasteiger partial charge is 0.354 e. The molecule has 0 spiro atoms. The SMILES string of the molecule is Cc1ccc(Cl)cc1NC(=O)[C@@H](C)N1CCN(c2ccccn2)CC1. The van der Waals surface area contributed by atoms with Crippen molar-refractivity contribution < 1.29 is 4.79 Å². The first-order valence-electron chi connectivity index (χ1n) is 8.51. The quantitative estimate of drug-likeness (QED) is 0.911. The van der Waals surface area contributed by atoms with E-state index < -0.39 is 0 Å². The third-order valence-corrected chi connectivity index (χ3v) is 4.91. The van der Waals surface area contributed by atoms with Crippen molar-refractivity contribution in [2.75, 3.05) is 36.4 Å². The third kappa shape index (κ3) is 4.30. The molecule has 1 aliphatic heterocycles. The molecule has 1 fully saturated rings. The van der Waals surface area contributed by atoms with Crippen LogP contribution in [0.25, 0.3) is 0 Å². The van der Waals surface area contributed by atoms with E-state index in [-0.39, 0.29) is 11.9 Å². The molecular weight excluding hydrogens is 336 g/mol. The molecule has 0 radical (unpaired) electrons. The minimum absolute atomic E-state index is 0.00310. The van der Waals surface area contributed by atoms with Crippen LogP contribution in [0.4, 0.5) is 11.5 Å². The van der Waals surface area contributed by atoms with Crippen molar-refractivity contribution in [2.45, 2.75) is 19.9 Å². The van der Waals surface area contributed by atoms with Crippen molar-refractivity contribution in [3.8, 4) is 0 Å². The zero-order chi connectivity index (χ0) is 17.8. The van der Waals surface area contributed by atoms with Crippen LogP contribution in [0, 0.1) is 6.92 Å². The summed E-state index contributed by atoms with van der Waals surface area (Å²) in [6.45, 7) is 7.31. The minimum atomic E-state index is -0.190. The van der Waals surface area contributed by atoms with E-state index in [2.05, 4.69) is 20.1 Å². The van der Waals surface area contributed by atoms with Crippen LogP contribution in [-0.4, -0.2) is 48.0 Å². The Balaban J connectivity index is 1.57. The first kappa shape index (κ1) is 17.7. The number of aryl methyl sites for hydroxylation is 1. The number of halogens is 1. The van der Waals surface area contributed by atoms with E-state index in [4.69, 9.17) is 11.6 Å². The summed E-state index contributed by atoms with van der Waals surface area (Å²) in [6.07, 6.45) is 1.81. The second-order valence-corrected chi connectivity index (χ2v) is 6.77. The van der Waals surface area contributed by atoms with Gasteiger partial charge in [-0.2, -0.15) is 0 Å². The molecule has 0 saturated carbocycles. The Morgan fingerprint density at radius 2 is 1.96 bits per heavy atom. The summed E-state index contributed by atoms with van der Waals surface area (Å²) in [5.74, 6) is 0.991. The van der Waals surface area contributed by atoms with Gasteiger partial charge in [0, 0.05) is 43.1 Å². The molecule has 3 rings (SSSR count). The summed E-state index contributed by atoms with van der Waals surface area (Å²) in [5.41, 5.74) is 1.78. The van der Waals surface area contributed by atoms with Gasteiger partial charge >= 0.3 is 0 Å². The highest BCUT2D eigenvalue weighted by Gasteiger charge is 2.26. The molecule has 1 aliphatic rings. The first-order chi connectivity index (χ1) is 12.0. The molecule has 1 amide bonds. The van der Waals surface area contributed by atoms with Crippen molar-refractivity contribution in [2.24, 2.45) is 0 Å². The molecule has 2 heterocycles. The van der Waals surface area contributed by atoms with Gasteiger partial charge < -0.3 is 10.2 Å². The highest BCUT2D eigenvalue weighted by Crippen LogP contribution is 2.21. The number of nitrogens with zero attached hydrogens (tertiary/aromatic N) is 3. The lowest BCUT2D eigenvalue weighted by Crippen LogP contribution is -2.53. The normalized spacial score (nSPS) is 16.5. The van der Waals surface area contributed by atoms with E-state index in [1.165, 1.54) is 0 Å². The van der Waals surface area contributed by atoms with Gasteiger partial charge in [-0.25, -0.2) is 4.98 Å². The molecular formula is C19H23ClN4O. The standard InChI is InChI=1S/C19H23ClN4O/c1-14-6-7-16(20)13-17(14)22-19(25)15(2)23-9-11-24(12-10-23)18-5-3-4-8-21-18/h3-8,13,15H,9-12H2,1-2H3,(H,22,25)/t15-/m1/s1. The van der Waals surface area contributed by atoms with Gasteiger partial charge in [0.25, 0.3) is 0 Å².